The zero-order valence-electron chi connectivity index (χ0n) is 11.1. The van der Waals surface area contributed by atoms with E-state index in [1.54, 1.807) is 23.1 Å². The molecule has 1 unspecified atom stereocenters. The first-order valence-corrected chi connectivity index (χ1v) is 6.96. The summed E-state index contributed by atoms with van der Waals surface area (Å²) in [6, 6.07) is 7.27. The van der Waals surface area contributed by atoms with Gasteiger partial charge in [-0.05, 0) is 36.6 Å². The van der Waals surface area contributed by atoms with Crippen molar-refractivity contribution in [3.63, 3.8) is 0 Å². The normalized spacial score (nSPS) is 19.2. The molecule has 2 N–H and O–H groups in total. The highest BCUT2D eigenvalue weighted by Crippen LogP contribution is 2.17. The topological polar surface area (TPSA) is 63.4 Å². The van der Waals surface area contributed by atoms with E-state index in [0.29, 0.717) is 18.1 Å². The van der Waals surface area contributed by atoms with E-state index < -0.39 is 0 Å². The van der Waals surface area contributed by atoms with Gasteiger partial charge in [-0.3, -0.25) is 9.59 Å². The number of amides is 2. The highest BCUT2D eigenvalue weighted by atomic mass is 35.5. The van der Waals surface area contributed by atoms with E-state index >= 15 is 0 Å². The third-order valence-corrected chi connectivity index (χ3v) is 3.64. The van der Waals surface area contributed by atoms with E-state index in [0.717, 1.165) is 18.4 Å². The van der Waals surface area contributed by atoms with Crippen molar-refractivity contribution in [2.45, 2.75) is 12.8 Å². The lowest BCUT2D eigenvalue weighted by molar-refractivity contribution is -0.130. The molecule has 2 rings (SSSR count). The number of likely N-dealkylation sites (tertiary alicyclic amines) is 1. The van der Waals surface area contributed by atoms with Gasteiger partial charge >= 0.3 is 0 Å². The van der Waals surface area contributed by atoms with Gasteiger partial charge in [-0.25, -0.2) is 0 Å². The van der Waals surface area contributed by atoms with Gasteiger partial charge in [-0.2, -0.15) is 0 Å². The summed E-state index contributed by atoms with van der Waals surface area (Å²) in [4.78, 5) is 24.9. The number of carbonyl (C=O) groups excluding carboxylic acids is 2. The number of halogens is 1. The molecule has 20 heavy (non-hydrogen) atoms. The van der Waals surface area contributed by atoms with Gasteiger partial charge in [0.25, 0.3) is 0 Å². The van der Waals surface area contributed by atoms with Crippen LogP contribution < -0.4 is 5.73 Å². The smallest absolute Gasteiger partial charge is 0.246 e. The van der Waals surface area contributed by atoms with Gasteiger partial charge < -0.3 is 10.6 Å². The molecular weight excluding hydrogens is 276 g/mol. The average Bonchev–Trinajstić information content (AvgIpc) is 2.45. The van der Waals surface area contributed by atoms with E-state index in [1.807, 2.05) is 12.1 Å². The van der Waals surface area contributed by atoms with Crippen molar-refractivity contribution in [2.75, 3.05) is 13.1 Å². The molecule has 0 spiro atoms. The van der Waals surface area contributed by atoms with Gasteiger partial charge in [0, 0.05) is 24.2 Å². The standard InChI is InChI=1S/C15H17ClN2O2/c16-13-5-1-3-11(9-13)6-7-14(19)18-8-2-4-12(10-18)15(17)20/h1,3,5-7,9,12H,2,4,8,10H2,(H2,17,20)/b7-6+. The fraction of sp³-hybridized carbons (Fsp3) is 0.333. The number of piperidine rings is 1. The van der Waals surface area contributed by atoms with Crippen molar-refractivity contribution in [2.24, 2.45) is 11.7 Å². The van der Waals surface area contributed by atoms with Gasteiger partial charge in [0.05, 0.1) is 5.92 Å². The summed E-state index contributed by atoms with van der Waals surface area (Å²) in [5.41, 5.74) is 6.17. The van der Waals surface area contributed by atoms with Crippen LogP contribution in [0, 0.1) is 5.92 Å². The molecule has 1 aliphatic heterocycles. The third-order valence-electron chi connectivity index (χ3n) is 3.40. The molecule has 5 heteroatoms. The average molecular weight is 293 g/mol. The van der Waals surface area contributed by atoms with Gasteiger partial charge in [0.15, 0.2) is 0 Å². The second-order valence-electron chi connectivity index (χ2n) is 4.91. The van der Waals surface area contributed by atoms with Crippen LogP contribution in [0.15, 0.2) is 30.3 Å². The molecule has 1 aromatic rings. The molecule has 0 aromatic heterocycles. The summed E-state index contributed by atoms with van der Waals surface area (Å²) in [7, 11) is 0. The summed E-state index contributed by atoms with van der Waals surface area (Å²) in [6.07, 6.45) is 4.80. The molecule has 1 fully saturated rings. The molecule has 1 saturated heterocycles. The fourth-order valence-corrected chi connectivity index (χ4v) is 2.49. The molecule has 4 nitrogen and oxygen atoms in total. The number of carbonyl (C=O) groups is 2. The Labute approximate surface area is 123 Å². The number of hydrogen-bond donors (Lipinski definition) is 1. The SMILES string of the molecule is NC(=O)C1CCCN(C(=O)/C=C/c2cccc(Cl)c2)C1. The summed E-state index contributed by atoms with van der Waals surface area (Å²) in [6.45, 7) is 1.08. The summed E-state index contributed by atoms with van der Waals surface area (Å²) < 4.78 is 0. The predicted molar refractivity (Wildman–Crippen MR) is 79.0 cm³/mol. The van der Waals surface area contributed by atoms with Gasteiger partial charge in [-0.15, -0.1) is 0 Å². The Kier molecular flexibility index (Phi) is 4.79. The van der Waals surface area contributed by atoms with Gasteiger partial charge in [0.1, 0.15) is 0 Å². The Morgan fingerprint density at radius 1 is 1.40 bits per heavy atom. The van der Waals surface area contributed by atoms with E-state index in [-0.39, 0.29) is 17.7 Å². The molecule has 106 valence electrons. The summed E-state index contributed by atoms with van der Waals surface area (Å²) in [5, 5.41) is 0.631. The Morgan fingerprint density at radius 3 is 2.90 bits per heavy atom. The first kappa shape index (κ1) is 14.6. The number of benzene rings is 1. The van der Waals surface area contributed by atoms with E-state index in [1.165, 1.54) is 6.08 Å². The van der Waals surface area contributed by atoms with Crippen LogP contribution >= 0.6 is 11.6 Å². The molecule has 1 aliphatic rings. The minimum Gasteiger partial charge on any atom is -0.369 e. The monoisotopic (exact) mass is 292 g/mol. The quantitative estimate of drug-likeness (QED) is 0.867. The van der Waals surface area contributed by atoms with E-state index in [9.17, 15) is 9.59 Å². The molecule has 1 atom stereocenters. The number of rotatable bonds is 3. The zero-order chi connectivity index (χ0) is 14.5. The molecular formula is C15H17ClN2O2. The van der Waals surface area contributed by atoms with Crippen LogP contribution in [-0.2, 0) is 9.59 Å². The van der Waals surface area contributed by atoms with Crippen molar-refractivity contribution < 1.29 is 9.59 Å². The lowest BCUT2D eigenvalue weighted by atomic mass is 9.97. The van der Waals surface area contributed by atoms with Gasteiger partial charge in [0.2, 0.25) is 11.8 Å². The number of hydrogen-bond acceptors (Lipinski definition) is 2. The molecule has 2 amide bonds. The van der Waals surface area contributed by atoms with Crippen LogP contribution in [0.25, 0.3) is 6.08 Å². The fourth-order valence-electron chi connectivity index (χ4n) is 2.29. The van der Waals surface area contributed by atoms with Crippen molar-refractivity contribution in [1.29, 1.82) is 0 Å². The zero-order valence-corrected chi connectivity index (χ0v) is 11.8. The van der Waals surface area contributed by atoms with Crippen LogP contribution in [0.2, 0.25) is 5.02 Å². The van der Waals surface area contributed by atoms with Crippen molar-refractivity contribution in [1.82, 2.24) is 4.90 Å². The maximum Gasteiger partial charge on any atom is 0.246 e. The maximum atomic E-state index is 12.1. The minimum atomic E-state index is -0.332. The van der Waals surface area contributed by atoms with Crippen molar-refractivity contribution in [3.05, 3.63) is 40.9 Å². The van der Waals surface area contributed by atoms with Crippen LogP contribution in [0.3, 0.4) is 0 Å². The lowest BCUT2D eigenvalue weighted by Gasteiger charge is -2.30. The second kappa shape index (κ2) is 6.57. The lowest BCUT2D eigenvalue weighted by Crippen LogP contribution is -2.43. The third kappa shape index (κ3) is 3.84. The Bertz CT molecular complexity index is 542. The van der Waals surface area contributed by atoms with Crippen LogP contribution in [0.4, 0.5) is 0 Å². The second-order valence-corrected chi connectivity index (χ2v) is 5.35. The Hall–Kier alpha value is -1.81. The maximum absolute atomic E-state index is 12.1. The Morgan fingerprint density at radius 2 is 2.20 bits per heavy atom. The first-order chi connectivity index (χ1) is 9.56. The molecule has 0 radical (unpaired) electrons. The van der Waals surface area contributed by atoms with Gasteiger partial charge in [-0.1, -0.05) is 23.7 Å². The van der Waals surface area contributed by atoms with E-state index in [4.69, 9.17) is 17.3 Å². The first-order valence-electron chi connectivity index (χ1n) is 6.58. The van der Waals surface area contributed by atoms with Crippen LogP contribution in [0.1, 0.15) is 18.4 Å². The summed E-state index contributed by atoms with van der Waals surface area (Å²) >= 11 is 5.88. The van der Waals surface area contributed by atoms with Crippen LogP contribution in [-0.4, -0.2) is 29.8 Å². The number of primary amides is 1. The molecule has 0 aliphatic carbocycles. The van der Waals surface area contributed by atoms with Crippen molar-refractivity contribution in [3.8, 4) is 0 Å². The molecule has 0 saturated carbocycles. The molecule has 1 aromatic carbocycles. The highest BCUT2D eigenvalue weighted by molar-refractivity contribution is 6.30. The summed E-state index contributed by atoms with van der Waals surface area (Å²) in [5.74, 6) is -0.662. The molecule has 0 bridgehead atoms. The number of nitrogens with zero attached hydrogens (tertiary/aromatic N) is 1. The van der Waals surface area contributed by atoms with Crippen LogP contribution in [0.5, 0.6) is 0 Å². The number of nitrogens with two attached hydrogens (primary N) is 1. The Balaban J connectivity index is 1.99. The predicted octanol–water partition coefficient (Wildman–Crippen LogP) is 2.08. The van der Waals surface area contributed by atoms with E-state index in [2.05, 4.69) is 0 Å². The highest BCUT2D eigenvalue weighted by Gasteiger charge is 2.25. The largest absolute Gasteiger partial charge is 0.369 e. The van der Waals surface area contributed by atoms with Crippen molar-refractivity contribution >= 4 is 29.5 Å². The minimum absolute atomic E-state index is 0.101. The molecule has 1 heterocycles.